The van der Waals surface area contributed by atoms with Crippen LogP contribution >= 0.6 is 23.1 Å². The number of rotatable bonds is 5. The van der Waals surface area contributed by atoms with Crippen molar-refractivity contribution in [2.45, 2.75) is 50.6 Å². The number of hydrogen-bond donors (Lipinski definition) is 2. The number of aromatic nitrogens is 2. The molecule has 4 rings (SSSR count). The molecule has 1 aliphatic carbocycles. The summed E-state index contributed by atoms with van der Waals surface area (Å²) in [7, 11) is 0. The molecule has 1 atom stereocenters. The molecule has 0 radical (unpaired) electrons. The van der Waals surface area contributed by atoms with Crippen molar-refractivity contribution in [2.24, 2.45) is 5.92 Å². The summed E-state index contributed by atoms with van der Waals surface area (Å²) in [6, 6.07) is 0.534. The van der Waals surface area contributed by atoms with Crippen LogP contribution in [-0.2, 0) is 16.0 Å². The van der Waals surface area contributed by atoms with E-state index in [1.807, 2.05) is 33.9 Å². The Hall–Kier alpha value is -1.54. The van der Waals surface area contributed by atoms with Crippen molar-refractivity contribution >= 4 is 39.9 Å². The van der Waals surface area contributed by atoms with Gasteiger partial charge in [0, 0.05) is 41.5 Å². The Bertz CT molecular complexity index is 745. The monoisotopic (exact) mass is 392 g/mol. The average molecular weight is 393 g/mol. The first kappa shape index (κ1) is 17.9. The Morgan fingerprint density at radius 3 is 2.73 bits per heavy atom. The summed E-state index contributed by atoms with van der Waals surface area (Å²) in [4.78, 5) is 30.0. The van der Waals surface area contributed by atoms with Crippen LogP contribution in [0.15, 0.2) is 17.8 Å². The van der Waals surface area contributed by atoms with Gasteiger partial charge in [0.15, 0.2) is 4.96 Å². The molecule has 140 valence electrons. The summed E-state index contributed by atoms with van der Waals surface area (Å²) in [5.74, 6) is 2.53. The summed E-state index contributed by atoms with van der Waals surface area (Å²) >= 11 is 3.48. The van der Waals surface area contributed by atoms with Crippen LogP contribution in [0, 0.1) is 5.92 Å². The highest BCUT2D eigenvalue weighted by molar-refractivity contribution is 7.99. The molecule has 2 amide bonds. The summed E-state index contributed by atoms with van der Waals surface area (Å²) in [6.45, 7) is 0. The van der Waals surface area contributed by atoms with Gasteiger partial charge in [-0.15, -0.1) is 11.3 Å². The number of thiazole rings is 1. The van der Waals surface area contributed by atoms with Crippen molar-refractivity contribution in [3.05, 3.63) is 23.5 Å². The summed E-state index contributed by atoms with van der Waals surface area (Å²) in [5.41, 5.74) is 0.803. The van der Waals surface area contributed by atoms with E-state index in [1.54, 1.807) is 11.3 Å². The first-order valence-electron chi connectivity index (χ1n) is 9.26. The van der Waals surface area contributed by atoms with Gasteiger partial charge in [-0.25, -0.2) is 4.98 Å². The van der Waals surface area contributed by atoms with E-state index in [2.05, 4.69) is 15.6 Å². The number of hydrogen-bond acceptors (Lipinski definition) is 5. The Balaban J connectivity index is 1.21. The highest BCUT2D eigenvalue weighted by atomic mass is 32.2. The Morgan fingerprint density at radius 2 is 2.00 bits per heavy atom. The summed E-state index contributed by atoms with van der Waals surface area (Å²) in [5, 5.41) is 8.29. The van der Waals surface area contributed by atoms with E-state index in [9.17, 15) is 9.59 Å². The van der Waals surface area contributed by atoms with Crippen LogP contribution in [0.2, 0.25) is 0 Å². The summed E-state index contributed by atoms with van der Waals surface area (Å²) < 4.78 is 1.94. The standard InChI is InChI=1S/C18H24N4O2S2/c23-16(9-15-10-22-6-8-26-18(22)21-15)19-13-3-1-12(2-4-13)17(24)20-14-5-7-25-11-14/h6,8,10,12-14H,1-5,7,9,11H2,(H,19,23)(H,20,24). The highest BCUT2D eigenvalue weighted by Gasteiger charge is 2.29. The average Bonchev–Trinajstić information content (AvgIpc) is 3.33. The lowest BCUT2D eigenvalue weighted by Crippen LogP contribution is -2.43. The number of amides is 2. The maximum Gasteiger partial charge on any atom is 0.226 e. The van der Waals surface area contributed by atoms with Crippen molar-refractivity contribution in [3.8, 4) is 0 Å². The van der Waals surface area contributed by atoms with E-state index in [0.717, 1.165) is 54.3 Å². The van der Waals surface area contributed by atoms with Gasteiger partial charge in [-0.1, -0.05) is 0 Å². The predicted molar refractivity (Wildman–Crippen MR) is 105 cm³/mol. The third kappa shape index (κ3) is 4.23. The molecule has 1 unspecified atom stereocenters. The van der Waals surface area contributed by atoms with Gasteiger partial charge in [-0.3, -0.25) is 14.0 Å². The normalized spacial score (nSPS) is 26.1. The molecule has 2 aromatic heterocycles. The van der Waals surface area contributed by atoms with E-state index < -0.39 is 0 Å². The molecule has 1 aliphatic heterocycles. The molecule has 0 bridgehead atoms. The number of nitrogens with zero attached hydrogens (tertiary/aromatic N) is 2. The van der Waals surface area contributed by atoms with Crippen LogP contribution in [0.5, 0.6) is 0 Å². The molecule has 8 heteroatoms. The molecule has 2 fully saturated rings. The van der Waals surface area contributed by atoms with Crippen LogP contribution in [0.1, 0.15) is 37.8 Å². The first-order valence-corrected chi connectivity index (χ1v) is 11.3. The van der Waals surface area contributed by atoms with Gasteiger partial charge >= 0.3 is 0 Å². The molecule has 6 nitrogen and oxygen atoms in total. The second-order valence-electron chi connectivity index (χ2n) is 7.19. The fourth-order valence-electron chi connectivity index (χ4n) is 3.77. The smallest absolute Gasteiger partial charge is 0.226 e. The lowest BCUT2D eigenvalue weighted by atomic mass is 9.85. The van der Waals surface area contributed by atoms with E-state index >= 15 is 0 Å². The SMILES string of the molecule is O=C(Cc1cn2ccsc2n1)NC1CCC(C(=O)NC2CCSC2)CC1. The minimum absolute atomic E-state index is 0.0200. The third-order valence-electron chi connectivity index (χ3n) is 5.22. The van der Waals surface area contributed by atoms with Crippen molar-refractivity contribution in [1.29, 1.82) is 0 Å². The van der Waals surface area contributed by atoms with Crippen LogP contribution in [0.3, 0.4) is 0 Å². The molecule has 1 saturated carbocycles. The van der Waals surface area contributed by atoms with Crippen LogP contribution in [-0.4, -0.2) is 44.8 Å². The number of nitrogens with one attached hydrogen (secondary N) is 2. The third-order valence-corrected chi connectivity index (χ3v) is 7.16. The van der Waals surface area contributed by atoms with Gasteiger partial charge in [0.05, 0.1) is 12.1 Å². The lowest BCUT2D eigenvalue weighted by molar-refractivity contribution is -0.126. The molecule has 3 heterocycles. The van der Waals surface area contributed by atoms with Gasteiger partial charge in [0.1, 0.15) is 0 Å². The van der Waals surface area contributed by atoms with Crippen molar-refractivity contribution in [2.75, 3.05) is 11.5 Å². The van der Waals surface area contributed by atoms with Crippen molar-refractivity contribution < 1.29 is 9.59 Å². The maximum absolute atomic E-state index is 12.4. The molecule has 0 spiro atoms. The zero-order valence-corrected chi connectivity index (χ0v) is 16.3. The molecular weight excluding hydrogens is 368 g/mol. The van der Waals surface area contributed by atoms with Crippen molar-refractivity contribution in [3.63, 3.8) is 0 Å². The molecule has 26 heavy (non-hydrogen) atoms. The number of carbonyl (C=O) groups is 2. The van der Waals surface area contributed by atoms with Crippen molar-refractivity contribution in [1.82, 2.24) is 20.0 Å². The number of thioether (sulfide) groups is 1. The second-order valence-corrected chi connectivity index (χ2v) is 9.21. The topological polar surface area (TPSA) is 75.5 Å². The van der Waals surface area contributed by atoms with Crippen LogP contribution < -0.4 is 10.6 Å². The minimum Gasteiger partial charge on any atom is -0.353 e. The molecule has 2 aromatic rings. The van der Waals surface area contributed by atoms with E-state index in [0.29, 0.717) is 12.5 Å². The predicted octanol–water partition coefficient (Wildman–Crippen LogP) is 2.24. The van der Waals surface area contributed by atoms with Crippen LogP contribution in [0.25, 0.3) is 4.96 Å². The highest BCUT2D eigenvalue weighted by Crippen LogP contribution is 2.26. The zero-order valence-electron chi connectivity index (χ0n) is 14.6. The Morgan fingerprint density at radius 1 is 1.15 bits per heavy atom. The van der Waals surface area contributed by atoms with E-state index in [1.165, 1.54) is 0 Å². The molecular formula is C18H24N4O2S2. The van der Waals surface area contributed by atoms with E-state index in [4.69, 9.17) is 0 Å². The number of carbonyl (C=O) groups excluding carboxylic acids is 2. The van der Waals surface area contributed by atoms with Gasteiger partial charge in [-0.2, -0.15) is 11.8 Å². The minimum atomic E-state index is 0.0200. The fourth-order valence-corrected chi connectivity index (χ4v) is 5.64. The fraction of sp³-hybridized carbons (Fsp3) is 0.611. The number of imidazole rings is 1. The first-order chi connectivity index (χ1) is 12.7. The van der Waals surface area contributed by atoms with E-state index in [-0.39, 0.29) is 23.8 Å². The number of fused-ring (bicyclic) bond motifs is 1. The zero-order chi connectivity index (χ0) is 17.9. The molecule has 0 aromatic carbocycles. The van der Waals surface area contributed by atoms with Gasteiger partial charge < -0.3 is 10.6 Å². The Labute approximate surface area is 161 Å². The Kier molecular flexibility index (Phi) is 5.49. The molecule has 1 saturated heterocycles. The van der Waals surface area contributed by atoms with Gasteiger partial charge in [0.25, 0.3) is 0 Å². The molecule has 2 N–H and O–H groups in total. The lowest BCUT2D eigenvalue weighted by Gasteiger charge is -2.29. The molecule has 2 aliphatic rings. The van der Waals surface area contributed by atoms with Gasteiger partial charge in [-0.05, 0) is 37.9 Å². The quantitative estimate of drug-likeness (QED) is 0.818. The second kappa shape index (κ2) is 8.00. The largest absolute Gasteiger partial charge is 0.353 e. The maximum atomic E-state index is 12.4. The van der Waals surface area contributed by atoms with Crippen LogP contribution in [0.4, 0.5) is 0 Å². The van der Waals surface area contributed by atoms with Gasteiger partial charge in [0.2, 0.25) is 11.8 Å². The summed E-state index contributed by atoms with van der Waals surface area (Å²) in [6.07, 6.45) is 8.73.